The van der Waals surface area contributed by atoms with Gasteiger partial charge in [-0.2, -0.15) is 0 Å². The molecule has 1 aliphatic rings. The summed E-state index contributed by atoms with van der Waals surface area (Å²) in [6, 6.07) is 9.11. The van der Waals surface area contributed by atoms with E-state index in [0.717, 1.165) is 16.7 Å². The molecule has 1 atom stereocenters. The number of carbonyl (C=O) groups excluding carboxylic acids is 5. The number of ether oxygens (including phenoxy) is 1. The number of amides is 4. The number of para-hydroxylation sites is 1. The van der Waals surface area contributed by atoms with Crippen molar-refractivity contribution >= 4 is 47.0 Å². The van der Waals surface area contributed by atoms with Crippen LogP contribution in [0, 0.1) is 0 Å². The monoisotopic (exact) mass is 442 g/mol. The van der Waals surface area contributed by atoms with E-state index < -0.39 is 29.6 Å². The lowest BCUT2D eigenvalue weighted by molar-refractivity contribution is -0.136. The third-order valence-electron chi connectivity index (χ3n) is 4.39. The minimum Gasteiger partial charge on any atom is -0.452 e. The number of anilines is 1. The number of primary amides is 1. The van der Waals surface area contributed by atoms with Gasteiger partial charge in [-0.25, -0.2) is 9.78 Å². The summed E-state index contributed by atoms with van der Waals surface area (Å²) in [4.78, 5) is 65.0. The first-order valence-corrected chi connectivity index (χ1v) is 9.93. The highest BCUT2D eigenvalue weighted by Gasteiger charge is 2.37. The molecule has 1 fully saturated rings. The highest BCUT2D eigenvalue weighted by molar-refractivity contribution is 8.00. The minimum absolute atomic E-state index is 0.00669. The van der Waals surface area contributed by atoms with Gasteiger partial charge >= 0.3 is 5.97 Å². The number of hydrogen-bond donors (Lipinski definition) is 2. The van der Waals surface area contributed by atoms with Gasteiger partial charge in [0.15, 0.2) is 6.61 Å². The standard InChI is InChI=1S/C20H18N4O6S/c1-24-16(26)9-14(19(24)28)31-18-12(6-4-8-22-18)20(29)30-10-15(25)23-13-7-3-2-5-11(13)17(21)27/h2-8,14H,9-10H2,1H3,(H2,21,27)(H,23,25). The molecule has 1 unspecified atom stereocenters. The third kappa shape index (κ3) is 5.07. The molecule has 0 saturated carbocycles. The molecular formula is C20H18N4O6S. The van der Waals surface area contributed by atoms with Crippen molar-refractivity contribution in [2.45, 2.75) is 16.7 Å². The average molecular weight is 442 g/mol. The van der Waals surface area contributed by atoms with Gasteiger partial charge in [-0.05, 0) is 24.3 Å². The van der Waals surface area contributed by atoms with Crippen LogP contribution in [0.1, 0.15) is 27.1 Å². The maximum atomic E-state index is 12.5. The second-order valence-electron chi connectivity index (χ2n) is 6.49. The minimum atomic E-state index is -0.820. The fraction of sp³-hybridized carbons (Fsp3) is 0.200. The summed E-state index contributed by atoms with van der Waals surface area (Å²) in [6.45, 7) is -0.617. The van der Waals surface area contributed by atoms with Crippen LogP contribution in [-0.2, 0) is 19.1 Å². The van der Waals surface area contributed by atoms with Crippen LogP contribution in [0.3, 0.4) is 0 Å². The number of hydrogen-bond acceptors (Lipinski definition) is 8. The molecule has 1 aliphatic heterocycles. The molecule has 10 nitrogen and oxygen atoms in total. The Morgan fingerprint density at radius 1 is 1.19 bits per heavy atom. The lowest BCUT2D eigenvalue weighted by Crippen LogP contribution is -2.26. The molecule has 11 heteroatoms. The summed E-state index contributed by atoms with van der Waals surface area (Å²) in [6.07, 6.45) is 1.45. The van der Waals surface area contributed by atoms with Crippen LogP contribution in [-0.4, -0.2) is 58.4 Å². The molecule has 4 amide bonds. The predicted molar refractivity (Wildman–Crippen MR) is 110 cm³/mol. The van der Waals surface area contributed by atoms with Crippen molar-refractivity contribution in [3.63, 3.8) is 0 Å². The number of rotatable bonds is 7. The highest BCUT2D eigenvalue weighted by Crippen LogP contribution is 2.31. The number of nitrogens with two attached hydrogens (primary N) is 1. The zero-order valence-corrected chi connectivity index (χ0v) is 17.2. The van der Waals surface area contributed by atoms with E-state index >= 15 is 0 Å². The summed E-state index contributed by atoms with van der Waals surface area (Å²) in [7, 11) is 1.40. The van der Waals surface area contributed by atoms with Crippen LogP contribution in [0.2, 0.25) is 0 Å². The Morgan fingerprint density at radius 3 is 2.58 bits per heavy atom. The van der Waals surface area contributed by atoms with Gasteiger partial charge in [0, 0.05) is 19.7 Å². The van der Waals surface area contributed by atoms with E-state index in [2.05, 4.69) is 10.3 Å². The Morgan fingerprint density at radius 2 is 1.90 bits per heavy atom. The van der Waals surface area contributed by atoms with Crippen molar-refractivity contribution in [1.29, 1.82) is 0 Å². The summed E-state index contributed by atoms with van der Waals surface area (Å²) in [5, 5.41) is 1.99. The van der Waals surface area contributed by atoms with E-state index in [4.69, 9.17) is 10.5 Å². The lowest BCUT2D eigenvalue weighted by Gasteiger charge is -2.12. The first kappa shape index (κ1) is 22.0. The second kappa shape index (κ2) is 9.39. The van der Waals surface area contributed by atoms with Gasteiger partial charge in [-0.3, -0.25) is 24.1 Å². The van der Waals surface area contributed by atoms with Crippen molar-refractivity contribution < 1.29 is 28.7 Å². The van der Waals surface area contributed by atoms with E-state index in [1.165, 1.54) is 37.5 Å². The molecule has 31 heavy (non-hydrogen) atoms. The number of imide groups is 1. The number of likely N-dealkylation sites (tertiary alicyclic amines) is 1. The molecule has 1 aromatic heterocycles. The predicted octanol–water partition coefficient (Wildman–Crippen LogP) is 0.825. The molecule has 1 saturated heterocycles. The molecule has 0 aliphatic carbocycles. The van der Waals surface area contributed by atoms with Crippen molar-refractivity contribution in [2.24, 2.45) is 5.73 Å². The highest BCUT2D eigenvalue weighted by atomic mass is 32.2. The van der Waals surface area contributed by atoms with Gasteiger partial charge in [0.1, 0.15) is 5.03 Å². The van der Waals surface area contributed by atoms with E-state index in [-0.39, 0.29) is 40.1 Å². The average Bonchev–Trinajstić information content (AvgIpc) is 2.99. The Hall–Kier alpha value is -3.73. The summed E-state index contributed by atoms with van der Waals surface area (Å²) >= 11 is 0.988. The lowest BCUT2D eigenvalue weighted by atomic mass is 10.1. The fourth-order valence-electron chi connectivity index (χ4n) is 2.79. The summed E-state index contributed by atoms with van der Waals surface area (Å²) in [5.41, 5.74) is 5.64. The topological polar surface area (TPSA) is 149 Å². The number of pyridine rings is 1. The molecule has 160 valence electrons. The van der Waals surface area contributed by atoms with Crippen LogP contribution in [0.5, 0.6) is 0 Å². The molecular weight excluding hydrogens is 424 g/mol. The van der Waals surface area contributed by atoms with Gasteiger partial charge in [-0.1, -0.05) is 23.9 Å². The van der Waals surface area contributed by atoms with Crippen molar-refractivity contribution in [3.05, 3.63) is 53.7 Å². The molecule has 0 spiro atoms. The smallest absolute Gasteiger partial charge is 0.341 e. The van der Waals surface area contributed by atoms with E-state index in [9.17, 15) is 24.0 Å². The summed E-state index contributed by atoms with van der Waals surface area (Å²) < 4.78 is 5.05. The zero-order valence-electron chi connectivity index (χ0n) is 16.4. The van der Waals surface area contributed by atoms with E-state index in [1.54, 1.807) is 12.1 Å². The molecule has 2 heterocycles. The first-order chi connectivity index (χ1) is 14.8. The number of thioether (sulfide) groups is 1. The second-order valence-corrected chi connectivity index (χ2v) is 7.68. The number of carbonyl (C=O) groups is 5. The third-order valence-corrected chi connectivity index (χ3v) is 5.59. The van der Waals surface area contributed by atoms with Crippen LogP contribution in [0.25, 0.3) is 0 Å². The van der Waals surface area contributed by atoms with Gasteiger partial charge in [0.2, 0.25) is 11.8 Å². The van der Waals surface area contributed by atoms with Gasteiger partial charge in [0.25, 0.3) is 11.8 Å². The van der Waals surface area contributed by atoms with Crippen molar-refractivity contribution in [1.82, 2.24) is 9.88 Å². The number of esters is 1. The SMILES string of the molecule is CN1C(=O)CC(Sc2ncccc2C(=O)OCC(=O)Nc2ccccc2C(N)=O)C1=O. The molecule has 0 bridgehead atoms. The molecule has 1 aromatic carbocycles. The Bertz CT molecular complexity index is 1070. The first-order valence-electron chi connectivity index (χ1n) is 9.05. The molecule has 3 N–H and O–H groups in total. The zero-order chi connectivity index (χ0) is 22.5. The number of benzene rings is 1. The maximum absolute atomic E-state index is 12.5. The Balaban J connectivity index is 1.64. The van der Waals surface area contributed by atoms with Crippen LogP contribution in [0.4, 0.5) is 5.69 Å². The number of nitrogens with zero attached hydrogens (tertiary/aromatic N) is 2. The fourth-order valence-corrected chi connectivity index (χ4v) is 3.95. The van der Waals surface area contributed by atoms with E-state index in [0.29, 0.717) is 0 Å². The van der Waals surface area contributed by atoms with Gasteiger partial charge < -0.3 is 15.8 Å². The molecule has 2 aromatic rings. The van der Waals surface area contributed by atoms with Crippen LogP contribution >= 0.6 is 11.8 Å². The number of nitrogens with one attached hydrogen (secondary N) is 1. The van der Waals surface area contributed by atoms with Crippen LogP contribution < -0.4 is 11.1 Å². The van der Waals surface area contributed by atoms with Gasteiger partial charge in [0.05, 0.1) is 22.1 Å². The quantitative estimate of drug-likeness (QED) is 0.473. The van der Waals surface area contributed by atoms with Gasteiger partial charge in [-0.15, -0.1) is 0 Å². The van der Waals surface area contributed by atoms with Crippen molar-refractivity contribution in [3.8, 4) is 0 Å². The number of aromatic nitrogens is 1. The summed E-state index contributed by atoms with van der Waals surface area (Å²) in [5.74, 6) is -2.88. The molecule has 0 radical (unpaired) electrons. The Labute approximate surface area is 181 Å². The van der Waals surface area contributed by atoms with Crippen LogP contribution in [0.15, 0.2) is 47.6 Å². The molecule has 3 rings (SSSR count). The normalized spacial score (nSPS) is 15.6. The maximum Gasteiger partial charge on any atom is 0.341 e. The van der Waals surface area contributed by atoms with Crippen molar-refractivity contribution in [2.75, 3.05) is 19.0 Å². The van der Waals surface area contributed by atoms with E-state index in [1.807, 2.05) is 0 Å². The largest absolute Gasteiger partial charge is 0.452 e. The Kier molecular flexibility index (Phi) is 6.65.